The van der Waals surface area contributed by atoms with Crippen LogP contribution < -0.4 is 4.90 Å². The van der Waals surface area contributed by atoms with Crippen molar-refractivity contribution in [2.75, 3.05) is 37.6 Å². The predicted molar refractivity (Wildman–Crippen MR) is 128 cm³/mol. The molecule has 1 aliphatic heterocycles. The number of aromatic hydroxyl groups is 1. The van der Waals surface area contributed by atoms with E-state index in [9.17, 15) is 5.11 Å². The molecule has 1 N–H and O–H groups in total. The fourth-order valence-corrected chi connectivity index (χ4v) is 4.86. The van der Waals surface area contributed by atoms with Crippen LogP contribution in [-0.2, 0) is 6.54 Å². The fraction of sp³-hybridized carbons (Fsp3) is 0.333. The Morgan fingerprint density at radius 1 is 0.710 bits per heavy atom. The third kappa shape index (κ3) is 4.06. The maximum atomic E-state index is 10.0. The van der Waals surface area contributed by atoms with E-state index in [1.165, 1.54) is 41.1 Å². The van der Waals surface area contributed by atoms with Crippen molar-refractivity contribution in [1.82, 2.24) is 9.47 Å². The molecule has 158 valence electrons. The summed E-state index contributed by atoms with van der Waals surface area (Å²) in [7, 11) is 0. The van der Waals surface area contributed by atoms with Crippen molar-refractivity contribution in [2.45, 2.75) is 25.8 Å². The van der Waals surface area contributed by atoms with Gasteiger partial charge in [0.15, 0.2) is 0 Å². The summed E-state index contributed by atoms with van der Waals surface area (Å²) in [5.74, 6) is 0.303. The Bertz CT molecular complexity index is 1100. The first-order valence-corrected chi connectivity index (χ1v) is 11.4. The SMILES string of the molecule is Oc1cc#ccc1N1CCN(CCCCCn2c3ccccc3c3ccccc32)CC1. The summed E-state index contributed by atoms with van der Waals surface area (Å²) in [6.07, 6.45) is 3.68. The van der Waals surface area contributed by atoms with E-state index in [1.807, 2.05) is 6.07 Å². The molecular weight excluding hydrogens is 382 g/mol. The normalized spacial score (nSPS) is 14.9. The Balaban J connectivity index is 1.11. The molecule has 1 aliphatic rings. The minimum absolute atomic E-state index is 0.303. The van der Waals surface area contributed by atoms with Gasteiger partial charge in [-0.05, 0) is 31.5 Å². The Labute approximate surface area is 184 Å². The van der Waals surface area contributed by atoms with E-state index >= 15 is 0 Å². The van der Waals surface area contributed by atoms with Crippen molar-refractivity contribution in [2.24, 2.45) is 0 Å². The highest BCUT2D eigenvalue weighted by molar-refractivity contribution is 6.07. The summed E-state index contributed by atoms with van der Waals surface area (Å²) in [4.78, 5) is 4.80. The zero-order valence-corrected chi connectivity index (χ0v) is 17.9. The van der Waals surface area contributed by atoms with Gasteiger partial charge in [0.2, 0.25) is 0 Å². The first-order chi connectivity index (χ1) is 15.3. The number of hydrogen-bond donors (Lipinski definition) is 1. The van der Waals surface area contributed by atoms with Crippen molar-refractivity contribution < 1.29 is 5.11 Å². The molecule has 5 rings (SSSR count). The Kier molecular flexibility index (Phi) is 5.69. The van der Waals surface area contributed by atoms with Crippen LogP contribution in [0.2, 0.25) is 0 Å². The molecular formula is C27H29N3O. The molecule has 1 fully saturated rings. The van der Waals surface area contributed by atoms with Crippen LogP contribution in [0.4, 0.5) is 5.69 Å². The van der Waals surface area contributed by atoms with Gasteiger partial charge in [0.1, 0.15) is 5.75 Å². The molecule has 0 aliphatic carbocycles. The number of anilines is 1. The number of fused-ring (bicyclic) bond motifs is 3. The first-order valence-electron chi connectivity index (χ1n) is 11.4. The molecule has 1 saturated heterocycles. The van der Waals surface area contributed by atoms with E-state index in [4.69, 9.17) is 0 Å². The molecule has 4 aromatic rings. The van der Waals surface area contributed by atoms with Crippen LogP contribution in [0.15, 0.2) is 60.7 Å². The Morgan fingerprint density at radius 2 is 1.32 bits per heavy atom. The summed E-state index contributed by atoms with van der Waals surface area (Å²) >= 11 is 0. The monoisotopic (exact) mass is 411 g/mol. The highest BCUT2D eigenvalue weighted by atomic mass is 16.3. The van der Waals surface area contributed by atoms with E-state index < -0.39 is 0 Å². The number of rotatable bonds is 7. The van der Waals surface area contributed by atoms with Crippen LogP contribution in [-0.4, -0.2) is 47.3 Å². The third-order valence-corrected chi connectivity index (χ3v) is 6.51. The van der Waals surface area contributed by atoms with Crippen LogP contribution in [0.5, 0.6) is 5.75 Å². The lowest BCUT2D eigenvalue weighted by molar-refractivity contribution is 0.251. The van der Waals surface area contributed by atoms with Crippen molar-refractivity contribution >= 4 is 27.5 Å². The molecule has 0 unspecified atom stereocenters. The summed E-state index contributed by atoms with van der Waals surface area (Å²) < 4.78 is 2.49. The summed E-state index contributed by atoms with van der Waals surface area (Å²) in [5, 5.41) is 12.7. The fourth-order valence-electron chi connectivity index (χ4n) is 4.86. The average Bonchev–Trinajstić information content (AvgIpc) is 3.14. The van der Waals surface area contributed by atoms with Crippen LogP contribution >= 0.6 is 0 Å². The van der Waals surface area contributed by atoms with E-state index in [-0.39, 0.29) is 0 Å². The number of benzene rings is 2. The molecule has 4 heteroatoms. The van der Waals surface area contributed by atoms with Crippen molar-refractivity contribution in [3.8, 4) is 5.75 Å². The van der Waals surface area contributed by atoms with E-state index in [1.54, 1.807) is 6.07 Å². The van der Waals surface area contributed by atoms with Crippen LogP contribution in [0.1, 0.15) is 19.3 Å². The first kappa shape index (κ1) is 19.8. The molecule has 0 bridgehead atoms. The lowest BCUT2D eigenvalue weighted by Crippen LogP contribution is -2.46. The highest BCUT2D eigenvalue weighted by Crippen LogP contribution is 2.29. The zero-order valence-electron chi connectivity index (χ0n) is 17.9. The highest BCUT2D eigenvalue weighted by Gasteiger charge is 2.18. The molecule has 0 atom stereocenters. The Morgan fingerprint density at radius 3 is 2.00 bits per heavy atom. The molecule has 2 heterocycles. The quantitative estimate of drug-likeness (QED) is 0.430. The Hall–Kier alpha value is -3.16. The lowest BCUT2D eigenvalue weighted by atomic mass is 10.2. The van der Waals surface area contributed by atoms with Gasteiger partial charge >= 0.3 is 0 Å². The molecule has 31 heavy (non-hydrogen) atoms. The molecule has 1 aromatic heterocycles. The maximum absolute atomic E-state index is 10.0. The van der Waals surface area contributed by atoms with Crippen LogP contribution in [0, 0.1) is 12.1 Å². The molecule has 4 nitrogen and oxygen atoms in total. The number of nitrogens with zero attached hydrogens (tertiary/aromatic N) is 3. The van der Waals surface area contributed by atoms with E-state index in [2.05, 4.69) is 75.0 Å². The second-order valence-electron chi connectivity index (χ2n) is 8.42. The zero-order chi connectivity index (χ0) is 21.0. The number of hydrogen-bond acceptors (Lipinski definition) is 3. The van der Waals surface area contributed by atoms with Gasteiger partial charge in [0.25, 0.3) is 0 Å². The van der Waals surface area contributed by atoms with Gasteiger partial charge in [-0.15, -0.1) is 0 Å². The topological polar surface area (TPSA) is 31.6 Å². The second kappa shape index (κ2) is 8.91. The van der Waals surface area contributed by atoms with Crippen molar-refractivity contribution in [3.63, 3.8) is 0 Å². The van der Waals surface area contributed by atoms with Gasteiger partial charge in [0.05, 0.1) is 5.69 Å². The number of aryl methyl sites for hydroxylation is 1. The molecule has 0 saturated carbocycles. The predicted octanol–water partition coefficient (Wildman–Crippen LogP) is 5.09. The van der Waals surface area contributed by atoms with Crippen LogP contribution in [0.3, 0.4) is 0 Å². The van der Waals surface area contributed by atoms with Gasteiger partial charge in [0, 0.05) is 66.7 Å². The molecule has 0 amide bonds. The number of para-hydroxylation sites is 2. The smallest absolute Gasteiger partial charge is 0.147 e. The van der Waals surface area contributed by atoms with Crippen LogP contribution in [0.25, 0.3) is 21.8 Å². The van der Waals surface area contributed by atoms with E-state index in [0.717, 1.165) is 45.0 Å². The molecule has 3 aromatic carbocycles. The molecule has 0 spiro atoms. The number of piperazine rings is 1. The van der Waals surface area contributed by atoms with Crippen molar-refractivity contribution in [1.29, 1.82) is 0 Å². The van der Waals surface area contributed by atoms with E-state index in [0.29, 0.717) is 5.75 Å². The standard InChI is InChI=1S/C27H29N3O/c31-27-15-7-6-14-26(27)29-20-18-28(19-21-29)16-8-1-9-17-30-24-12-4-2-10-22(24)23-11-3-5-13-25(23)30/h2-5,10-15,31H,1,8-9,16-21H2. The van der Waals surface area contributed by atoms with Gasteiger partial charge in [-0.2, -0.15) is 0 Å². The number of aromatic nitrogens is 1. The minimum Gasteiger partial charge on any atom is -0.505 e. The van der Waals surface area contributed by atoms with Crippen molar-refractivity contribution in [3.05, 3.63) is 72.8 Å². The third-order valence-electron chi connectivity index (χ3n) is 6.51. The number of unbranched alkanes of at least 4 members (excludes halogenated alkanes) is 2. The maximum Gasteiger partial charge on any atom is 0.147 e. The lowest BCUT2D eigenvalue weighted by Gasteiger charge is -2.36. The minimum atomic E-state index is 0.303. The van der Waals surface area contributed by atoms with Gasteiger partial charge in [-0.25, -0.2) is 0 Å². The second-order valence-corrected chi connectivity index (χ2v) is 8.42. The van der Waals surface area contributed by atoms with Gasteiger partial charge < -0.3 is 14.6 Å². The average molecular weight is 412 g/mol. The molecule has 0 radical (unpaired) electrons. The van der Waals surface area contributed by atoms with Gasteiger partial charge in [-0.1, -0.05) is 55.0 Å². The van der Waals surface area contributed by atoms with Gasteiger partial charge in [-0.3, -0.25) is 4.90 Å². The summed E-state index contributed by atoms with van der Waals surface area (Å²) in [6, 6.07) is 26.7. The largest absolute Gasteiger partial charge is 0.505 e. The summed E-state index contributed by atoms with van der Waals surface area (Å²) in [5.41, 5.74) is 3.57. The summed E-state index contributed by atoms with van der Waals surface area (Å²) in [6.45, 7) is 6.22.